The van der Waals surface area contributed by atoms with Gasteiger partial charge in [0.15, 0.2) is 5.65 Å². The van der Waals surface area contributed by atoms with Crippen LogP contribution in [-0.2, 0) is 4.79 Å². The number of halogens is 2. The average molecular weight is 456 g/mol. The van der Waals surface area contributed by atoms with Gasteiger partial charge in [0.25, 0.3) is 5.91 Å². The molecule has 0 radical (unpaired) electrons. The fourth-order valence-corrected chi connectivity index (χ4v) is 5.19. The Morgan fingerprint density at radius 2 is 2.03 bits per heavy atom. The number of anilines is 1. The van der Waals surface area contributed by atoms with Crippen molar-refractivity contribution in [1.29, 1.82) is 0 Å². The van der Waals surface area contributed by atoms with Crippen molar-refractivity contribution < 1.29 is 14.0 Å². The second-order valence-corrected chi connectivity index (χ2v) is 9.20. The standard InChI is InChI=1S/C23H23ClFN5O2/c1-14-11-26-20-17(12-27-30(20)13-14)21(31)28-16-4-6-23(7-5-16)8-9-29(22(23)32)19-3-2-15(25)10-18(19)24/h2-3,10-13,16H,4-9H2,1H3,(H,28,31)/t16-,23-. The molecule has 2 aromatic heterocycles. The van der Waals surface area contributed by atoms with Crippen molar-refractivity contribution in [3.8, 4) is 0 Å². The molecule has 32 heavy (non-hydrogen) atoms. The first-order chi connectivity index (χ1) is 15.4. The molecule has 2 aliphatic rings. The van der Waals surface area contributed by atoms with Crippen LogP contribution in [0.5, 0.6) is 0 Å². The van der Waals surface area contributed by atoms with Crippen molar-refractivity contribution in [2.45, 2.75) is 45.1 Å². The smallest absolute Gasteiger partial charge is 0.256 e. The number of carbonyl (C=O) groups excluding carboxylic acids is 2. The van der Waals surface area contributed by atoms with Crippen molar-refractivity contribution in [2.24, 2.45) is 5.41 Å². The van der Waals surface area contributed by atoms with Gasteiger partial charge in [-0.05, 0) is 62.8 Å². The zero-order valence-corrected chi connectivity index (χ0v) is 18.4. The summed E-state index contributed by atoms with van der Waals surface area (Å²) in [7, 11) is 0. The minimum Gasteiger partial charge on any atom is -0.349 e. The van der Waals surface area contributed by atoms with E-state index in [1.807, 2.05) is 13.1 Å². The second-order valence-electron chi connectivity index (χ2n) is 8.79. The topological polar surface area (TPSA) is 79.6 Å². The van der Waals surface area contributed by atoms with Crippen LogP contribution in [0.2, 0.25) is 5.02 Å². The Balaban J connectivity index is 1.25. The molecule has 166 valence electrons. The Morgan fingerprint density at radius 3 is 2.78 bits per heavy atom. The molecule has 0 bridgehead atoms. The molecule has 1 spiro atoms. The van der Waals surface area contributed by atoms with E-state index in [0.29, 0.717) is 49.1 Å². The van der Waals surface area contributed by atoms with E-state index in [1.165, 1.54) is 18.3 Å². The fourth-order valence-electron chi connectivity index (χ4n) is 4.92. The normalized spacial score (nSPS) is 23.3. The molecule has 0 unspecified atom stereocenters. The Bertz CT molecular complexity index is 1220. The summed E-state index contributed by atoms with van der Waals surface area (Å²) in [5.41, 5.74) is 2.05. The summed E-state index contributed by atoms with van der Waals surface area (Å²) in [6.45, 7) is 2.48. The minimum absolute atomic E-state index is 0.00946. The van der Waals surface area contributed by atoms with Crippen LogP contribution in [0, 0.1) is 18.2 Å². The van der Waals surface area contributed by atoms with Gasteiger partial charge in [-0.25, -0.2) is 13.9 Å². The van der Waals surface area contributed by atoms with Crippen molar-refractivity contribution in [1.82, 2.24) is 19.9 Å². The molecule has 3 heterocycles. The third-order valence-electron chi connectivity index (χ3n) is 6.72. The maximum Gasteiger partial charge on any atom is 0.256 e. The van der Waals surface area contributed by atoms with Gasteiger partial charge in [-0.1, -0.05) is 11.6 Å². The maximum atomic E-state index is 13.4. The quantitative estimate of drug-likeness (QED) is 0.649. The van der Waals surface area contributed by atoms with Gasteiger partial charge in [0.05, 0.1) is 22.3 Å². The number of hydrogen-bond donors (Lipinski definition) is 1. The van der Waals surface area contributed by atoms with Crippen LogP contribution in [0.25, 0.3) is 5.65 Å². The first-order valence-corrected chi connectivity index (χ1v) is 11.1. The van der Waals surface area contributed by atoms with E-state index < -0.39 is 11.2 Å². The molecule has 2 fully saturated rings. The summed E-state index contributed by atoms with van der Waals surface area (Å²) in [5.74, 6) is -0.583. The Kier molecular flexibility index (Phi) is 5.12. The van der Waals surface area contributed by atoms with Crippen molar-refractivity contribution in [3.05, 3.63) is 58.8 Å². The van der Waals surface area contributed by atoms with E-state index in [2.05, 4.69) is 15.4 Å². The van der Waals surface area contributed by atoms with Gasteiger partial charge in [0, 0.05) is 25.0 Å². The van der Waals surface area contributed by atoms with Crippen LogP contribution < -0.4 is 10.2 Å². The van der Waals surface area contributed by atoms with E-state index >= 15 is 0 Å². The first-order valence-electron chi connectivity index (χ1n) is 10.7. The molecule has 2 amide bonds. The molecule has 9 heteroatoms. The van der Waals surface area contributed by atoms with E-state index in [1.54, 1.807) is 21.7 Å². The number of benzene rings is 1. The van der Waals surface area contributed by atoms with Crippen molar-refractivity contribution in [3.63, 3.8) is 0 Å². The van der Waals surface area contributed by atoms with Gasteiger partial charge < -0.3 is 10.2 Å². The summed E-state index contributed by atoms with van der Waals surface area (Å²) in [4.78, 5) is 32.1. The molecular formula is C23H23ClFN5O2. The Morgan fingerprint density at radius 1 is 1.25 bits per heavy atom. The average Bonchev–Trinajstić information content (AvgIpc) is 3.32. The molecule has 1 aromatic carbocycles. The van der Waals surface area contributed by atoms with Crippen LogP contribution in [0.1, 0.15) is 48.0 Å². The first kappa shape index (κ1) is 20.9. The fraction of sp³-hybridized carbons (Fsp3) is 0.391. The van der Waals surface area contributed by atoms with Gasteiger partial charge in [-0.2, -0.15) is 5.10 Å². The van der Waals surface area contributed by atoms with Gasteiger partial charge in [-0.15, -0.1) is 0 Å². The molecule has 0 atom stereocenters. The zero-order chi connectivity index (χ0) is 22.5. The van der Waals surface area contributed by atoms with Crippen LogP contribution in [0.15, 0.2) is 36.8 Å². The number of hydrogen-bond acceptors (Lipinski definition) is 4. The number of carbonyl (C=O) groups is 2. The number of nitrogens with zero attached hydrogens (tertiary/aromatic N) is 4. The molecule has 5 rings (SSSR count). The van der Waals surface area contributed by atoms with E-state index in [4.69, 9.17) is 11.6 Å². The number of aryl methyl sites for hydroxylation is 1. The molecule has 1 saturated heterocycles. The summed E-state index contributed by atoms with van der Waals surface area (Å²) in [5, 5.41) is 7.55. The highest BCUT2D eigenvalue weighted by Crippen LogP contribution is 2.47. The van der Waals surface area contributed by atoms with Crippen molar-refractivity contribution >= 4 is 34.7 Å². The monoisotopic (exact) mass is 455 g/mol. The minimum atomic E-state index is -0.442. The Hall–Kier alpha value is -3.00. The lowest BCUT2D eigenvalue weighted by Crippen LogP contribution is -2.43. The molecule has 1 N–H and O–H groups in total. The van der Waals surface area contributed by atoms with Gasteiger partial charge in [0.2, 0.25) is 5.91 Å². The largest absolute Gasteiger partial charge is 0.349 e. The summed E-state index contributed by atoms with van der Waals surface area (Å²) in [6, 6.07) is 4.11. The third kappa shape index (κ3) is 3.52. The maximum absolute atomic E-state index is 13.4. The van der Waals surface area contributed by atoms with Crippen LogP contribution in [0.4, 0.5) is 10.1 Å². The number of fused-ring (bicyclic) bond motifs is 1. The highest BCUT2D eigenvalue weighted by Gasteiger charge is 2.49. The molecule has 3 aromatic rings. The van der Waals surface area contributed by atoms with Crippen molar-refractivity contribution in [2.75, 3.05) is 11.4 Å². The molecule has 1 aliphatic heterocycles. The number of nitrogens with one attached hydrogen (secondary N) is 1. The van der Waals surface area contributed by atoms with Crippen LogP contribution >= 0.6 is 11.6 Å². The lowest BCUT2D eigenvalue weighted by Gasteiger charge is -2.36. The SMILES string of the molecule is Cc1cnc2c(C(=O)N[C@H]3CC[C@@]4(CCN(c5ccc(F)cc5Cl)C4=O)CC3)cnn2c1. The number of rotatable bonds is 3. The number of aromatic nitrogens is 3. The zero-order valence-electron chi connectivity index (χ0n) is 17.6. The highest BCUT2D eigenvalue weighted by atomic mass is 35.5. The molecule has 7 nitrogen and oxygen atoms in total. The van der Waals surface area contributed by atoms with E-state index in [-0.39, 0.29) is 22.9 Å². The van der Waals surface area contributed by atoms with Gasteiger partial charge in [0.1, 0.15) is 11.4 Å². The van der Waals surface area contributed by atoms with Gasteiger partial charge in [-0.3, -0.25) is 9.59 Å². The second kappa shape index (κ2) is 7.85. The summed E-state index contributed by atoms with van der Waals surface area (Å²) < 4.78 is 15.0. The number of amides is 2. The molecule has 1 saturated carbocycles. The van der Waals surface area contributed by atoms with E-state index in [9.17, 15) is 14.0 Å². The molecule has 1 aliphatic carbocycles. The highest BCUT2D eigenvalue weighted by molar-refractivity contribution is 6.34. The Labute approximate surface area is 189 Å². The third-order valence-corrected chi connectivity index (χ3v) is 7.02. The lowest BCUT2D eigenvalue weighted by atomic mass is 9.71. The lowest BCUT2D eigenvalue weighted by molar-refractivity contribution is -0.127. The summed E-state index contributed by atoms with van der Waals surface area (Å²) in [6.07, 6.45) is 8.63. The predicted octanol–water partition coefficient (Wildman–Crippen LogP) is 3.93. The predicted molar refractivity (Wildman–Crippen MR) is 118 cm³/mol. The molecular weight excluding hydrogens is 433 g/mol. The summed E-state index contributed by atoms with van der Waals surface area (Å²) >= 11 is 6.19. The van der Waals surface area contributed by atoms with E-state index in [0.717, 1.165) is 12.0 Å². The van der Waals surface area contributed by atoms with Gasteiger partial charge >= 0.3 is 0 Å². The van der Waals surface area contributed by atoms with Crippen LogP contribution in [-0.4, -0.2) is 39.0 Å². The van der Waals surface area contributed by atoms with Crippen LogP contribution in [0.3, 0.4) is 0 Å².